The van der Waals surface area contributed by atoms with E-state index >= 15 is 0 Å². The van der Waals surface area contributed by atoms with Gasteiger partial charge in [0.25, 0.3) is 0 Å². The number of rotatable bonds is 2. The summed E-state index contributed by atoms with van der Waals surface area (Å²) in [6.07, 6.45) is 0. The monoisotopic (exact) mass is 238 g/mol. The van der Waals surface area contributed by atoms with Crippen molar-refractivity contribution >= 4 is 23.2 Å². The summed E-state index contributed by atoms with van der Waals surface area (Å²) in [5.41, 5.74) is -1.45. The summed E-state index contributed by atoms with van der Waals surface area (Å²) in [6, 6.07) is 2.21. The molecule has 1 unspecified atom stereocenters. The summed E-state index contributed by atoms with van der Waals surface area (Å²) in [6.45, 7) is 0.787. The van der Waals surface area contributed by atoms with Crippen LogP contribution >= 0.6 is 23.2 Å². The first-order chi connectivity index (χ1) is 6.38. The Balaban J connectivity index is 3.29. The quantitative estimate of drug-likeness (QED) is 0.777. The Morgan fingerprint density at radius 2 is 1.93 bits per heavy atom. The van der Waals surface area contributed by atoms with Crippen LogP contribution in [0.25, 0.3) is 0 Å². The molecular formula is C9H9Cl2FO2. The third kappa shape index (κ3) is 2.17. The molecule has 0 radical (unpaired) electrons. The molecule has 1 atom stereocenters. The summed E-state index contributed by atoms with van der Waals surface area (Å²) in [5, 5.41) is 18.5. The van der Waals surface area contributed by atoms with Crippen molar-refractivity contribution in [2.45, 2.75) is 12.5 Å². The van der Waals surface area contributed by atoms with E-state index in [9.17, 15) is 9.50 Å². The summed E-state index contributed by atoms with van der Waals surface area (Å²) in [4.78, 5) is 0. The van der Waals surface area contributed by atoms with Crippen molar-refractivity contribution < 1.29 is 14.6 Å². The van der Waals surface area contributed by atoms with Crippen molar-refractivity contribution in [1.82, 2.24) is 0 Å². The molecule has 0 aliphatic carbocycles. The van der Waals surface area contributed by atoms with E-state index in [2.05, 4.69) is 0 Å². The molecule has 0 bridgehead atoms. The van der Waals surface area contributed by atoms with Crippen LogP contribution in [0.3, 0.4) is 0 Å². The van der Waals surface area contributed by atoms with Gasteiger partial charge in [0.15, 0.2) is 0 Å². The maximum absolute atomic E-state index is 13.0. The molecule has 1 aromatic rings. The average molecular weight is 239 g/mol. The zero-order valence-corrected chi connectivity index (χ0v) is 8.90. The first-order valence-corrected chi connectivity index (χ1v) is 4.62. The molecule has 0 heterocycles. The zero-order chi connectivity index (χ0) is 10.9. The van der Waals surface area contributed by atoms with Crippen LogP contribution in [0.5, 0.6) is 0 Å². The van der Waals surface area contributed by atoms with E-state index in [1.807, 2.05) is 0 Å². The van der Waals surface area contributed by atoms with Gasteiger partial charge in [-0.15, -0.1) is 0 Å². The van der Waals surface area contributed by atoms with Crippen LogP contribution in [-0.2, 0) is 5.60 Å². The van der Waals surface area contributed by atoms with Gasteiger partial charge < -0.3 is 10.2 Å². The second-order valence-corrected chi connectivity index (χ2v) is 3.99. The average Bonchev–Trinajstić information content (AvgIpc) is 2.11. The Morgan fingerprint density at radius 1 is 1.36 bits per heavy atom. The van der Waals surface area contributed by atoms with Gasteiger partial charge >= 0.3 is 0 Å². The highest BCUT2D eigenvalue weighted by molar-refractivity contribution is 6.35. The molecule has 0 spiro atoms. The second kappa shape index (κ2) is 4.03. The summed E-state index contributed by atoms with van der Waals surface area (Å²) < 4.78 is 13.0. The molecular weight excluding hydrogens is 230 g/mol. The molecule has 14 heavy (non-hydrogen) atoms. The molecule has 2 nitrogen and oxygen atoms in total. The molecule has 0 saturated carbocycles. The summed E-state index contributed by atoms with van der Waals surface area (Å²) >= 11 is 11.2. The molecule has 0 aliphatic rings. The summed E-state index contributed by atoms with van der Waals surface area (Å²) in [7, 11) is 0. The van der Waals surface area contributed by atoms with Crippen LogP contribution in [0.4, 0.5) is 4.39 Å². The SMILES string of the molecule is CC(O)(CO)c1cc(F)c(Cl)cc1Cl. The van der Waals surface area contributed by atoms with Gasteiger partial charge in [0.2, 0.25) is 0 Å². The molecule has 0 amide bonds. The van der Waals surface area contributed by atoms with Gasteiger partial charge in [0.05, 0.1) is 11.6 Å². The lowest BCUT2D eigenvalue weighted by atomic mass is 9.97. The van der Waals surface area contributed by atoms with Gasteiger partial charge in [-0.3, -0.25) is 0 Å². The Bertz CT molecular complexity index is 353. The Kier molecular flexibility index (Phi) is 3.37. The maximum atomic E-state index is 13.0. The molecule has 1 aromatic carbocycles. The minimum Gasteiger partial charge on any atom is -0.393 e. The van der Waals surface area contributed by atoms with Crippen molar-refractivity contribution in [3.63, 3.8) is 0 Å². The van der Waals surface area contributed by atoms with Gasteiger partial charge in [-0.25, -0.2) is 4.39 Å². The first kappa shape index (κ1) is 11.7. The van der Waals surface area contributed by atoms with Gasteiger partial charge in [0, 0.05) is 10.6 Å². The van der Waals surface area contributed by atoms with Crippen LogP contribution in [0, 0.1) is 5.82 Å². The molecule has 0 saturated heterocycles. The molecule has 5 heteroatoms. The third-order valence-electron chi connectivity index (χ3n) is 1.90. The fourth-order valence-electron chi connectivity index (χ4n) is 1.02. The Hall–Kier alpha value is -0.350. The largest absolute Gasteiger partial charge is 0.393 e. The predicted molar refractivity (Wildman–Crippen MR) is 53.1 cm³/mol. The highest BCUT2D eigenvalue weighted by Gasteiger charge is 2.26. The number of hydrogen-bond acceptors (Lipinski definition) is 2. The zero-order valence-electron chi connectivity index (χ0n) is 7.39. The van der Waals surface area contributed by atoms with Crippen LogP contribution < -0.4 is 0 Å². The molecule has 0 fully saturated rings. The minimum atomic E-state index is -1.57. The lowest BCUT2D eigenvalue weighted by Gasteiger charge is -2.22. The van der Waals surface area contributed by atoms with E-state index in [4.69, 9.17) is 28.3 Å². The van der Waals surface area contributed by atoms with E-state index < -0.39 is 18.0 Å². The van der Waals surface area contributed by atoms with Crippen LogP contribution in [-0.4, -0.2) is 16.8 Å². The van der Waals surface area contributed by atoms with Gasteiger partial charge in [-0.1, -0.05) is 23.2 Å². The van der Waals surface area contributed by atoms with E-state index in [1.165, 1.54) is 13.0 Å². The van der Waals surface area contributed by atoms with Gasteiger partial charge in [-0.05, 0) is 19.1 Å². The van der Waals surface area contributed by atoms with Crippen molar-refractivity contribution in [3.8, 4) is 0 Å². The highest BCUT2D eigenvalue weighted by Crippen LogP contribution is 2.31. The van der Waals surface area contributed by atoms with E-state index in [0.29, 0.717) is 0 Å². The van der Waals surface area contributed by atoms with E-state index in [0.717, 1.165) is 6.07 Å². The fourth-order valence-corrected chi connectivity index (χ4v) is 1.61. The molecule has 1 rings (SSSR count). The standard InChI is InChI=1S/C9H9Cl2FO2/c1-9(14,4-13)5-2-8(12)7(11)3-6(5)10/h2-3,13-14H,4H2,1H3. The van der Waals surface area contributed by atoms with Crippen molar-refractivity contribution in [1.29, 1.82) is 0 Å². The van der Waals surface area contributed by atoms with Crippen LogP contribution in [0.2, 0.25) is 10.0 Å². The smallest absolute Gasteiger partial charge is 0.142 e. The number of aliphatic hydroxyl groups is 2. The number of benzene rings is 1. The number of hydrogen-bond donors (Lipinski definition) is 2. The maximum Gasteiger partial charge on any atom is 0.142 e. The second-order valence-electron chi connectivity index (χ2n) is 3.18. The lowest BCUT2D eigenvalue weighted by molar-refractivity contribution is -0.00241. The molecule has 78 valence electrons. The van der Waals surface area contributed by atoms with Crippen molar-refractivity contribution in [3.05, 3.63) is 33.6 Å². The fraction of sp³-hybridized carbons (Fsp3) is 0.333. The van der Waals surface area contributed by atoms with Crippen LogP contribution in [0.1, 0.15) is 12.5 Å². The Morgan fingerprint density at radius 3 is 2.43 bits per heavy atom. The number of aliphatic hydroxyl groups excluding tert-OH is 1. The first-order valence-electron chi connectivity index (χ1n) is 3.87. The van der Waals surface area contributed by atoms with Crippen molar-refractivity contribution in [2.24, 2.45) is 0 Å². The highest BCUT2D eigenvalue weighted by atomic mass is 35.5. The lowest BCUT2D eigenvalue weighted by Crippen LogP contribution is -2.26. The Labute approximate surface area is 90.9 Å². The van der Waals surface area contributed by atoms with Crippen molar-refractivity contribution in [2.75, 3.05) is 6.61 Å². The minimum absolute atomic E-state index is 0.114. The number of halogens is 3. The molecule has 0 aliphatic heterocycles. The molecule has 2 N–H and O–H groups in total. The van der Waals surface area contributed by atoms with Crippen LogP contribution in [0.15, 0.2) is 12.1 Å². The van der Waals surface area contributed by atoms with Gasteiger partial charge in [0.1, 0.15) is 11.4 Å². The summed E-state index contributed by atoms with van der Waals surface area (Å²) in [5.74, 6) is -0.681. The predicted octanol–water partition coefficient (Wildman–Crippen LogP) is 2.33. The van der Waals surface area contributed by atoms with Gasteiger partial charge in [-0.2, -0.15) is 0 Å². The normalized spacial score (nSPS) is 15.3. The van der Waals surface area contributed by atoms with E-state index in [1.54, 1.807) is 0 Å². The topological polar surface area (TPSA) is 40.5 Å². The van der Waals surface area contributed by atoms with E-state index in [-0.39, 0.29) is 15.6 Å². The third-order valence-corrected chi connectivity index (χ3v) is 2.50. The molecule has 0 aromatic heterocycles.